The Morgan fingerprint density at radius 2 is 2.05 bits per heavy atom. The van der Waals surface area contributed by atoms with E-state index in [1.165, 1.54) is 0 Å². The fourth-order valence-corrected chi connectivity index (χ4v) is 4.42. The van der Waals surface area contributed by atoms with Crippen LogP contribution in [0.1, 0.15) is 27.2 Å². The molecule has 3 atom stereocenters. The summed E-state index contributed by atoms with van der Waals surface area (Å²) < 4.78 is 17.3. The summed E-state index contributed by atoms with van der Waals surface area (Å²) in [6.07, 6.45) is 2.35. The molecular weight excluding hydrogens is 264 g/mol. The van der Waals surface area contributed by atoms with Gasteiger partial charge in [-0.25, -0.2) is 4.79 Å². The lowest BCUT2D eigenvalue weighted by Gasteiger charge is -2.27. The van der Waals surface area contributed by atoms with Crippen LogP contribution >= 0.6 is 0 Å². The summed E-state index contributed by atoms with van der Waals surface area (Å²) in [6.45, 7) is 7.70. The minimum absolute atomic E-state index is 0.186. The molecule has 2 aliphatic rings. The zero-order valence-electron chi connectivity index (χ0n) is 12.4. The Morgan fingerprint density at radius 1 is 1.42 bits per heavy atom. The molecule has 110 valence electrons. The Morgan fingerprint density at radius 3 is 2.53 bits per heavy atom. The van der Waals surface area contributed by atoms with Crippen LogP contribution in [0.4, 0.5) is 4.79 Å². The van der Waals surface area contributed by atoms with Gasteiger partial charge < -0.3 is 14.5 Å². The van der Waals surface area contributed by atoms with Crippen molar-refractivity contribution in [2.24, 2.45) is 0 Å². The normalized spacial score (nSPS) is 33.3. The third-order valence-corrected chi connectivity index (χ3v) is 5.85. The predicted octanol–water partition coefficient (Wildman–Crippen LogP) is 1.06. The van der Waals surface area contributed by atoms with Crippen LogP contribution in [0.2, 0.25) is 0 Å². The van der Waals surface area contributed by atoms with Gasteiger partial charge in [-0.2, -0.15) is 0 Å². The lowest BCUT2D eigenvalue weighted by molar-refractivity contribution is 0.0276. The summed E-state index contributed by atoms with van der Waals surface area (Å²) >= 11 is 0. The van der Waals surface area contributed by atoms with E-state index in [0.29, 0.717) is 13.1 Å². The molecule has 0 radical (unpaired) electrons. The molecule has 2 saturated heterocycles. The molecular formula is C13H24N2O3S. The van der Waals surface area contributed by atoms with Gasteiger partial charge in [0.25, 0.3) is 0 Å². The highest BCUT2D eigenvalue weighted by atomic mass is 32.2. The highest BCUT2D eigenvalue weighted by Crippen LogP contribution is 2.39. The van der Waals surface area contributed by atoms with Crippen molar-refractivity contribution in [2.75, 3.05) is 32.9 Å². The lowest BCUT2D eigenvalue weighted by Crippen LogP contribution is -2.45. The van der Waals surface area contributed by atoms with Crippen LogP contribution in [0.15, 0.2) is 0 Å². The van der Waals surface area contributed by atoms with Crippen LogP contribution in [0, 0.1) is 0 Å². The van der Waals surface area contributed by atoms with Gasteiger partial charge in [0.15, 0.2) is 0 Å². The highest BCUT2D eigenvalue weighted by molar-refractivity contribution is 7.85. The average molecular weight is 288 g/mol. The van der Waals surface area contributed by atoms with Crippen molar-refractivity contribution in [3.63, 3.8) is 0 Å². The van der Waals surface area contributed by atoms with Crippen LogP contribution in [0.25, 0.3) is 0 Å². The van der Waals surface area contributed by atoms with Crippen LogP contribution in [0.5, 0.6) is 0 Å². The molecule has 0 spiro atoms. The second-order valence-corrected chi connectivity index (χ2v) is 8.35. The first-order chi connectivity index (χ1) is 8.66. The van der Waals surface area contributed by atoms with Gasteiger partial charge in [-0.1, -0.05) is 0 Å². The number of likely N-dealkylation sites (N-methyl/N-ethyl adjacent to an activating group) is 1. The van der Waals surface area contributed by atoms with Crippen molar-refractivity contribution in [1.29, 1.82) is 0 Å². The number of likely N-dealkylation sites (tertiary alicyclic amines) is 2. The first-order valence-corrected chi connectivity index (χ1v) is 8.23. The molecule has 2 rings (SSSR count). The van der Waals surface area contributed by atoms with Gasteiger partial charge in [-0.3, -0.25) is 4.21 Å². The maximum atomic E-state index is 12.2. The largest absolute Gasteiger partial charge is 0.444 e. The molecule has 2 fully saturated rings. The third kappa shape index (κ3) is 2.65. The number of nitrogens with zero attached hydrogens (tertiary/aromatic N) is 2. The molecule has 0 bridgehead atoms. The number of rotatable bonds is 1. The topological polar surface area (TPSA) is 49.9 Å². The van der Waals surface area contributed by atoms with E-state index in [9.17, 15) is 9.00 Å². The first kappa shape index (κ1) is 14.8. The minimum atomic E-state index is -0.939. The van der Waals surface area contributed by atoms with E-state index in [-0.39, 0.29) is 16.9 Å². The molecule has 0 saturated carbocycles. The summed E-state index contributed by atoms with van der Waals surface area (Å²) in [5.41, 5.74) is -0.487. The predicted molar refractivity (Wildman–Crippen MR) is 75.6 cm³/mol. The molecule has 0 aromatic heterocycles. The molecule has 19 heavy (non-hydrogen) atoms. The molecule has 0 N–H and O–H groups in total. The number of amides is 1. The Bertz CT molecular complexity index is 407. The second-order valence-electron chi connectivity index (χ2n) is 6.63. The Labute approximate surface area is 117 Å². The number of carbonyl (C=O) groups excluding carboxylic acids is 1. The van der Waals surface area contributed by atoms with E-state index in [1.807, 2.05) is 27.8 Å². The molecule has 0 aromatic rings. The van der Waals surface area contributed by atoms with Crippen molar-refractivity contribution in [2.45, 2.75) is 43.6 Å². The van der Waals surface area contributed by atoms with Crippen molar-refractivity contribution < 1.29 is 13.7 Å². The van der Waals surface area contributed by atoms with Crippen LogP contribution in [-0.4, -0.2) is 69.4 Å². The van der Waals surface area contributed by atoms with Gasteiger partial charge in [0.05, 0.1) is 4.75 Å². The molecule has 3 unspecified atom stereocenters. The molecule has 0 aromatic carbocycles. The van der Waals surface area contributed by atoms with Gasteiger partial charge in [0, 0.05) is 36.2 Å². The van der Waals surface area contributed by atoms with E-state index >= 15 is 0 Å². The number of carbonyl (C=O) groups is 1. The summed E-state index contributed by atoms with van der Waals surface area (Å²) in [5.74, 6) is 0. The van der Waals surface area contributed by atoms with Crippen LogP contribution in [-0.2, 0) is 15.5 Å². The number of ether oxygens (including phenoxy) is 1. The van der Waals surface area contributed by atoms with E-state index < -0.39 is 16.4 Å². The van der Waals surface area contributed by atoms with E-state index in [2.05, 4.69) is 4.90 Å². The van der Waals surface area contributed by atoms with Gasteiger partial charge in [-0.05, 0) is 40.8 Å². The third-order valence-electron chi connectivity index (χ3n) is 4.10. The lowest BCUT2D eigenvalue weighted by atomic mass is 10.0. The zero-order valence-corrected chi connectivity index (χ0v) is 13.2. The molecule has 2 aliphatic heterocycles. The number of fused-ring (bicyclic) bond motifs is 1. The molecule has 6 heteroatoms. The summed E-state index contributed by atoms with van der Waals surface area (Å²) in [4.78, 5) is 16.1. The van der Waals surface area contributed by atoms with E-state index in [1.54, 1.807) is 11.2 Å². The summed E-state index contributed by atoms with van der Waals surface area (Å²) in [5, 5.41) is 0. The SMILES string of the molecule is CN1CCC2(S(C)=O)CN(C(=O)OC(C)(C)C)CC12. The van der Waals surface area contributed by atoms with Gasteiger partial charge in [-0.15, -0.1) is 0 Å². The summed E-state index contributed by atoms with van der Waals surface area (Å²) in [7, 11) is 1.10. The molecule has 5 nitrogen and oxygen atoms in total. The van der Waals surface area contributed by atoms with E-state index in [0.717, 1.165) is 13.0 Å². The monoisotopic (exact) mass is 288 g/mol. The number of hydrogen-bond acceptors (Lipinski definition) is 4. The van der Waals surface area contributed by atoms with Crippen molar-refractivity contribution in [1.82, 2.24) is 9.80 Å². The molecule has 2 heterocycles. The Hall–Kier alpha value is -0.620. The fourth-order valence-electron chi connectivity index (χ4n) is 3.07. The van der Waals surface area contributed by atoms with Gasteiger partial charge >= 0.3 is 6.09 Å². The van der Waals surface area contributed by atoms with Crippen LogP contribution < -0.4 is 0 Å². The second kappa shape index (κ2) is 4.74. The Balaban J connectivity index is 2.13. The molecule has 0 aliphatic carbocycles. The van der Waals surface area contributed by atoms with E-state index in [4.69, 9.17) is 4.74 Å². The fraction of sp³-hybridized carbons (Fsp3) is 0.923. The first-order valence-electron chi connectivity index (χ1n) is 6.67. The average Bonchev–Trinajstić information content (AvgIpc) is 2.75. The maximum absolute atomic E-state index is 12.2. The Kier molecular flexibility index (Phi) is 3.68. The standard InChI is InChI=1S/C13H24N2O3S/c1-12(2,3)18-11(16)15-8-10-13(9-15,19(5)17)6-7-14(10)4/h10H,6-9H2,1-5H3. The van der Waals surface area contributed by atoms with Crippen LogP contribution in [0.3, 0.4) is 0 Å². The molecule has 1 amide bonds. The van der Waals surface area contributed by atoms with Crippen molar-refractivity contribution in [3.05, 3.63) is 0 Å². The zero-order chi connectivity index (χ0) is 14.4. The minimum Gasteiger partial charge on any atom is -0.444 e. The van der Waals surface area contributed by atoms with Crippen molar-refractivity contribution >= 4 is 16.9 Å². The van der Waals surface area contributed by atoms with Gasteiger partial charge in [0.2, 0.25) is 0 Å². The van der Waals surface area contributed by atoms with Crippen molar-refractivity contribution in [3.8, 4) is 0 Å². The number of hydrogen-bond donors (Lipinski definition) is 0. The smallest absolute Gasteiger partial charge is 0.410 e. The summed E-state index contributed by atoms with van der Waals surface area (Å²) in [6, 6.07) is 0.186. The maximum Gasteiger partial charge on any atom is 0.410 e. The van der Waals surface area contributed by atoms with Gasteiger partial charge in [0.1, 0.15) is 5.60 Å². The quantitative estimate of drug-likeness (QED) is 0.724. The highest BCUT2D eigenvalue weighted by Gasteiger charge is 2.56.